The van der Waals surface area contributed by atoms with Gasteiger partial charge in [0, 0.05) is 0 Å². The summed E-state index contributed by atoms with van der Waals surface area (Å²) < 4.78 is 0. The summed E-state index contributed by atoms with van der Waals surface area (Å²) in [6.45, 7) is 8.01. The van der Waals surface area contributed by atoms with Crippen LogP contribution < -0.4 is 0 Å². The second-order valence-electron chi connectivity index (χ2n) is 4.38. The smallest absolute Gasteiger partial charge is 0.313 e. The summed E-state index contributed by atoms with van der Waals surface area (Å²) >= 11 is 0. The Morgan fingerprint density at radius 1 is 1.54 bits per heavy atom. The maximum absolute atomic E-state index is 11.1. The highest BCUT2D eigenvalue weighted by Gasteiger charge is 2.39. The summed E-state index contributed by atoms with van der Waals surface area (Å²) in [5.74, 6) is -0.135. The van der Waals surface area contributed by atoms with Crippen LogP contribution in [0.3, 0.4) is 0 Å². The molecule has 74 valence electrons. The molecule has 0 radical (unpaired) electrons. The molecule has 0 heterocycles. The SMILES string of the molecule is CC1=C(C)C(C)(C(=O)O)CCC1C. The number of carboxylic acids is 1. The van der Waals surface area contributed by atoms with Crippen molar-refractivity contribution in [1.82, 2.24) is 0 Å². The molecule has 0 aromatic rings. The Balaban J connectivity index is 3.12. The molecule has 1 rings (SSSR count). The maximum Gasteiger partial charge on any atom is 0.313 e. The van der Waals surface area contributed by atoms with Crippen LogP contribution in [0.5, 0.6) is 0 Å². The van der Waals surface area contributed by atoms with Gasteiger partial charge in [-0.25, -0.2) is 0 Å². The van der Waals surface area contributed by atoms with Crippen molar-refractivity contribution in [2.45, 2.75) is 40.5 Å². The zero-order valence-electron chi connectivity index (χ0n) is 8.85. The van der Waals surface area contributed by atoms with Crippen molar-refractivity contribution in [2.75, 3.05) is 0 Å². The van der Waals surface area contributed by atoms with Gasteiger partial charge in [-0.2, -0.15) is 0 Å². The summed E-state index contributed by atoms with van der Waals surface area (Å²) in [5.41, 5.74) is 1.70. The first-order valence-electron chi connectivity index (χ1n) is 4.81. The van der Waals surface area contributed by atoms with Crippen molar-refractivity contribution < 1.29 is 9.90 Å². The van der Waals surface area contributed by atoms with Gasteiger partial charge in [0.2, 0.25) is 0 Å². The van der Waals surface area contributed by atoms with Gasteiger partial charge in [-0.1, -0.05) is 18.1 Å². The van der Waals surface area contributed by atoms with E-state index in [4.69, 9.17) is 5.11 Å². The first-order valence-corrected chi connectivity index (χ1v) is 4.81. The van der Waals surface area contributed by atoms with E-state index in [0.29, 0.717) is 5.92 Å². The molecule has 13 heavy (non-hydrogen) atoms. The second kappa shape index (κ2) is 3.17. The molecule has 2 atom stereocenters. The minimum atomic E-state index is -0.684. The maximum atomic E-state index is 11.1. The summed E-state index contributed by atoms with van der Waals surface area (Å²) in [7, 11) is 0. The van der Waals surface area contributed by atoms with E-state index in [0.717, 1.165) is 18.4 Å². The topological polar surface area (TPSA) is 37.3 Å². The Morgan fingerprint density at radius 3 is 2.54 bits per heavy atom. The molecule has 2 unspecified atom stereocenters. The largest absolute Gasteiger partial charge is 0.481 e. The fourth-order valence-corrected chi connectivity index (χ4v) is 1.98. The third-order valence-electron chi connectivity index (χ3n) is 3.71. The van der Waals surface area contributed by atoms with Crippen LogP contribution in [0.15, 0.2) is 11.1 Å². The Hall–Kier alpha value is -0.790. The Bertz CT molecular complexity index is 265. The fraction of sp³-hybridized carbons (Fsp3) is 0.727. The van der Waals surface area contributed by atoms with Crippen LogP contribution in [0, 0.1) is 11.3 Å². The molecule has 0 spiro atoms. The van der Waals surface area contributed by atoms with E-state index in [2.05, 4.69) is 13.8 Å². The van der Waals surface area contributed by atoms with Gasteiger partial charge in [0.25, 0.3) is 0 Å². The molecule has 2 nitrogen and oxygen atoms in total. The van der Waals surface area contributed by atoms with E-state index in [1.807, 2.05) is 13.8 Å². The molecule has 0 saturated heterocycles. The van der Waals surface area contributed by atoms with Crippen molar-refractivity contribution in [1.29, 1.82) is 0 Å². The van der Waals surface area contributed by atoms with E-state index in [9.17, 15) is 4.79 Å². The lowest BCUT2D eigenvalue weighted by Crippen LogP contribution is -2.33. The number of aliphatic carboxylic acids is 1. The van der Waals surface area contributed by atoms with Gasteiger partial charge in [0.1, 0.15) is 0 Å². The molecule has 0 bridgehead atoms. The minimum absolute atomic E-state index is 0.549. The quantitative estimate of drug-likeness (QED) is 0.633. The summed E-state index contributed by atoms with van der Waals surface area (Å²) in [4.78, 5) is 11.1. The van der Waals surface area contributed by atoms with Crippen LogP contribution in [0.25, 0.3) is 0 Å². The summed E-state index contributed by atoms with van der Waals surface area (Å²) in [6.07, 6.45) is 1.76. The van der Waals surface area contributed by atoms with Gasteiger partial charge in [-0.15, -0.1) is 0 Å². The van der Waals surface area contributed by atoms with Crippen LogP contribution in [0.2, 0.25) is 0 Å². The number of carbonyl (C=O) groups is 1. The van der Waals surface area contributed by atoms with E-state index >= 15 is 0 Å². The number of hydrogen-bond donors (Lipinski definition) is 1. The van der Waals surface area contributed by atoms with Crippen LogP contribution >= 0.6 is 0 Å². The first kappa shape index (κ1) is 10.3. The zero-order chi connectivity index (χ0) is 10.2. The van der Waals surface area contributed by atoms with E-state index < -0.39 is 11.4 Å². The number of allylic oxidation sites excluding steroid dienone is 1. The highest BCUT2D eigenvalue weighted by molar-refractivity contribution is 5.78. The summed E-state index contributed by atoms with van der Waals surface area (Å²) in [6, 6.07) is 0. The summed E-state index contributed by atoms with van der Waals surface area (Å²) in [5, 5.41) is 9.14. The van der Waals surface area contributed by atoms with Crippen LogP contribution in [0.4, 0.5) is 0 Å². The average molecular weight is 182 g/mol. The van der Waals surface area contributed by atoms with Crippen molar-refractivity contribution >= 4 is 5.97 Å². The number of rotatable bonds is 1. The standard InChI is InChI=1S/C11H18O2/c1-7-5-6-11(4,10(12)13)9(3)8(7)2/h7H,5-6H2,1-4H3,(H,12,13). The van der Waals surface area contributed by atoms with E-state index in [1.165, 1.54) is 5.57 Å². The molecule has 0 aromatic carbocycles. The molecular formula is C11H18O2. The second-order valence-corrected chi connectivity index (χ2v) is 4.38. The normalized spacial score (nSPS) is 34.9. The monoisotopic (exact) mass is 182 g/mol. The molecule has 0 fully saturated rings. The number of hydrogen-bond acceptors (Lipinski definition) is 1. The molecule has 1 aliphatic rings. The van der Waals surface area contributed by atoms with Crippen LogP contribution in [0.1, 0.15) is 40.5 Å². The van der Waals surface area contributed by atoms with Crippen LogP contribution in [-0.2, 0) is 4.79 Å². The van der Waals surface area contributed by atoms with Gasteiger partial charge < -0.3 is 5.11 Å². The molecule has 1 aliphatic carbocycles. The van der Waals surface area contributed by atoms with Crippen molar-refractivity contribution in [3.8, 4) is 0 Å². The first-order chi connectivity index (χ1) is 5.89. The average Bonchev–Trinajstić information content (AvgIpc) is 2.08. The van der Waals surface area contributed by atoms with Gasteiger partial charge >= 0.3 is 5.97 Å². The van der Waals surface area contributed by atoms with Crippen molar-refractivity contribution in [2.24, 2.45) is 11.3 Å². The van der Waals surface area contributed by atoms with Gasteiger partial charge in [0.05, 0.1) is 5.41 Å². The van der Waals surface area contributed by atoms with Crippen molar-refractivity contribution in [3.05, 3.63) is 11.1 Å². The Kier molecular flexibility index (Phi) is 2.51. The number of carboxylic acid groups (broad SMARTS) is 1. The molecule has 0 aliphatic heterocycles. The van der Waals surface area contributed by atoms with Gasteiger partial charge in [0.15, 0.2) is 0 Å². The molecule has 0 saturated carbocycles. The molecule has 1 N–H and O–H groups in total. The predicted molar refractivity (Wildman–Crippen MR) is 52.5 cm³/mol. The molecule has 0 amide bonds. The highest BCUT2D eigenvalue weighted by atomic mass is 16.4. The Labute approximate surface area is 79.6 Å². The van der Waals surface area contributed by atoms with Gasteiger partial charge in [-0.05, 0) is 39.5 Å². The molecule has 2 heteroatoms. The lowest BCUT2D eigenvalue weighted by molar-refractivity contribution is -0.146. The zero-order valence-corrected chi connectivity index (χ0v) is 8.85. The van der Waals surface area contributed by atoms with E-state index in [1.54, 1.807) is 0 Å². The van der Waals surface area contributed by atoms with Gasteiger partial charge in [-0.3, -0.25) is 4.79 Å². The van der Waals surface area contributed by atoms with E-state index in [-0.39, 0.29) is 0 Å². The van der Waals surface area contributed by atoms with Crippen molar-refractivity contribution in [3.63, 3.8) is 0 Å². The lowest BCUT2D eigenvalue weighted by atomic mass is 9.69. The Morgan fingerprint density at radius 2 is 2.08 bits per heavy atom. The predicted octanol–water partition coefficient (Wildman–Crippen LogP) is 2.84. The highest BCUT2D eigenvalue weighted by Crippen LogP contribution is 2.42. The third-order valence-corrected chi connectivity index (χ3v) is 3.71. The fourth-order valence-electron chi connectivity index (χ4n) is 1.98. The minimum Gasteiger partial charge on any atom is -0.481 e. The van der Waals surface area contributed by atoms with Crippen LogP contribution in [-0.4, -0.2) is 11.1 Å². The third kappa shape index (κ3) is 1.50. The lowest BCUT2D eigenvalue weighted by Gasteiger charge is -2.35. The molecular weight excluding hydrogens is 164 g/mol. The molecule has 0 aromatic heterocycles.